The topological polar surface area (TPSA) is 73.8 Å². The van der Waals surface area contributed by atoms with E-state index in [0.29, 0.717) is 16.5 Å². The van der Waals surface area contributed by atoms with Crippen LogP contribution in [-0.4, -0.2) is 31.0 Å². The van der Waals surface area contributed by atoms with Gasteiger partial charge >= 0.3 is 0 Å². The van der Waals surface area contributed by atoms with Crippen LogP contribution in [0.15, 0.2) is 126 Å². The van der Waals surface area contributed by atoms with E-state index in [1.165, 1.54) is 5.57 Å². The van der Waals surface area contributed by atoms with Crippen LogP contribution in [-0.2, 0) is 6.42 Å². The van der Waals surface area contributed by atoms with Crippen LogP contribution in [0.2, 0.25) is 0 Å². The molecule has 0 radical (unpaired) electrons. The van der Waals surface area contributed by atoms with E-state index in [1.54, 1.807) is 15.7 Å². The molecule has 6 aromatic carbocycles. The molecule has 0 bridgehead atoms. The maximum absolute atomic E-state index is 11.7. The van der Waals surface area contributed by atoms with Gasteiger partial charge in [0, 0.05) is 17.4 Å². The van der Waals surface area contributed by atoms with Crippen molar-refractivity contribution in [3.05, 3.63) is 144 Å². The minimum Gasteiger partial charge on any atom is -0.508 e. The predicted octanol–water partition coefficient (Wildman–Crippen LogP) is 9.12. The molecule has 4 nitrogen and oxygen atoms in total. The molecule has 0 aliphatic heterocycles. The number of fused-ring (bicyclic) bond motifs is 3. The van der Waals surface area contributed by atoms with Gasteiger partial charge in [0.1, 0.15) is 32.8 Å². The number of benzene rings is 6. The zero-order valence-electron chi connectivity index (χ0n) is 30.1. The number of aromatic hydroxyl groups is 3. The number of hydrogen-bond donors (Lipinski definition) is 3. The first kappa shape index (κ1) is 33.7. The van der Waals surface area contributed by atoms with Crippen LogP contribution < -0.4 is 10.9 Å². The summed E-state index contributed by atoms with van der Waals surface area (Å²) in [6.07, 6.45) is 16.1. The van der Waals surface area contributed by atoms with Gasteiger partial charge < -0.3 is 19.7 Å². The number of allylic oxidation sites excluding steroid dienone is 5. The largest absolute Gasteiger partial charge is 0.508 e. The molecule has 0 saturated heterocycles. The lowest BCUT2D eigenvalue weighted by Crippen LogP contribution is -2.26. The van der Waals surface area contributed by atoms with Gasteiger partial charge in [0.05, 0.1) is 5.56 Å². The van der Waals surface area contributed by atoms with Gasteiger partial charge in [-0.2, -0.15) is 0 Å². The Morgan fingerprint density at radius 3 is 1.89 bits per heavy atom. The van der Waals surface area contributed by atoms with Crippen molar-refractivity contribution in [3.63, 3.8) is 0 Å². The van der Waals surface area contributed by atoms with Gasteiger partial charge in [0.25, 0.3) is 0 Å². The fourth-order valence-electron chi connectivity index (χ4n) is 8.01. The number of phenols is 3. The van der Waals surface area contributed by atoms with E-state index in [2.05, 4.69) is 80.8 Å². The molecule has 1 aliphatic carbocycles. The molecule has 0 unspecified atom stereocenters. The van der Waals surface area contributed by atoms with Gasteiger partial charge in [-0.05, 0) is 108 Å². The van der Waals surface area contributed by atoms with Gasteiger partial charge in [-0.25, -0.2) is 0 Å². The summed E-state index contributed by atoms with van der Waals surface area (Å²) >= 11 is 0. The molecule has 1 aromatic heterocycles. The number of furan rings is 1. The Hall–Kier alpha value is -6.39. The number of hydrogen-bond acceptors (Lipinski definition) is 4. The zero-order chi connectivity index (χ0) is 37.0. The highest BCUT2D eigenvalue weighted by molar-refractivity contribution is 6.51. The van der Waals surface area contributed by atoms with E-state index < -0.39 is 0 Å². The summed E-state index contributed by atoms with van der Waals surface area (Å²) in [5.74, 6) is 0.235. The molecular weight excluding hydrogens is 650 g/mol. The van der Waals surface area contributed by atoms with Crippen LogP contribution in [0.25, 0.3) is 84.1 Å². The Bertz CT molecular complexity index is 2750. The summed E-state index contributed by atoms with van der Waals surface area (Å²) in [7, 11) is 3.43. The van der Waals surface area contributed by atoms with Crippen LogP contribution in [0.3, 0.4) is 0 Å². The van der Waals surface area contributed by atoms with Crippen molar-refractivity contribution in [2.75, 3.05) is 0 Å². The third-order valence-electron chi connectivity index (χ3n) is 10.8. The van der Waals surface area contributed by atoms with Gasteiger partial charge in [-0.1, -0.05) is 117 Å². The molecule has 1 aliphatic rings. The summed E-state index contributed by atoms with van der Waals surface area (Å²) in [6, 6.07) is 26.6. The highest BCUT2D eigenvalue weighted by Gasteiger charge is 2.27. The molecule has 0 amide bonds. The van der Waals surface area contributed by atoms with Gasteiger partial charge in [0.2, 0.25) is 0 Å². The minimum absolute atomic E-state index is 0.0809. The lowest BCUT2D eigenvalue weighted by Gasteiger charge is -2.24. The highest BCUT2D eigenvalue weighted by Crippen LogP contribution is 2.51. The van der Waals surface area contributed by atoms with Gasteiger partial charge in [-0.15, -0.1) is 0 Å². The molecule has 6 heteroatoms. The van der Waals surface area contributed by atoms with Crippen molar-refractivity contribution < 1.29 is 19.7 Å². The smallest absolute Gasteiger partial charge is 0.168 e. The van der Waals surface area contributed by atoms with E-state index in [-0.39, 0.29) is 22.8 Å². The first-order valence-corrected chi connectivity index (χ1v) is 18.0. The average Bonchev–Trinajstić information content (AvgIpc) is 3.56. The second-order valence-corrected chi connectivity index (χ2v) is 13.6. The van der Waals surface area contributed by atoms with Crippen LogP contribution in [0, 0.1) is 0 Å². The first-order valence-electron chi connectivity index (χ1n) is 18.0. The monoisotopic (exact) mass is 688 g/mol. The third kappa shape index (κ3) is 5.33. The third-order valence-corrected chi connectivity index (χ3v) is 10.8. The van der Waals surface area contributed by atoms with Gasteiger partial charge in [0.15, 0.2) is 11.5 Å². The summed E-state index contributed by atoms with van der Waals surface area (Å²) in [5.41, 5.74) is 10.2. The standard InChI is InChI=1S/C47H38B2O4/c1-4-29-30(5-2)40(34-24-27-17-10-11-18-28(27)25-35(34)42-45(50)43(48)44(49)47(52)46(42)51)32-20-13-12-19-31(32)39(29)33-21-14-22-38-41(33)36(37(6-3)53-38)23-26-15-8-7-9-16-26/h4-5,7-15,17-25,50-52H,1-2,6,16,48-49H2,3H3/b26-23-. The molecule has 1 heterocycles. The van der Waals surface area contributed by atoms with Gasteiger partial charge in [-0.3, -0.25) is 0 Å². The van der Waals surface area contributed by atoms with E-state index in [0.717, 1.165) is 90.1 Å². The molecule has 3 N–H and O–H groups in total. The van der Waals surface area contributed by atoms with Crippen molar-refractivity contribution >= 4 is 77.4 Å². The van der Waals surface area contributed by atoms with E-state index in [4.69, 9.17) is 4.42 Å². The SMILES string of the molecule is Bc1c(B)c(O)c(-c2cc3ccccc3cc2-c2c(C=C)c(C=C)c(-c3cccc4oc(CC)c(/C=C5/C=CC=CC5)c34)c3ccccc23)c(O)c1O. The fraction of sp³-hybridized carbons (Fsp3) is 0.0638. The Balaban J connectivity index is 1.52. The van der Waals surface area contributed by atoms with E-state index >= 15 is 0 Å². The molecule has 0 spiro atoms. The molecule has 53 heavy (non-hydrogen) atoms. The lowest BCUT2D eigenvalue weighted by atomic mass is 9.75. The molecule has 0 atom stereocenters. The second kappa shape index (κ2) is 13.3. The van der Waals surface area contributed by atoms with Crippen LogP contribution >= 0.6 is 0 Å². The minimum atomic E-state index is -0.365. The van der Waals surface area contributed by atoms with Crippen LogP contribution in [0.1, 0.15) is 35.8 Å². The van der Waals surface area contributed by atoms with Crippen LogP contribution in [0.4, 0.5) is 0 Å². The maximum atomic E-state index is 11.7. The predicted molar refractivity (Wildman–Crippen MR) is 229 cm³/mol. The Labute approximate surface area is 310 Å². The Kier molecular flexibility index (Phi) is 8.47. The normalized spacial score (nSPS) is 13.4. The zero-order valence-corrected chi connectivity index (χ0v) is 30.1. The second-order valence-electron chi connectivity index (χ2n) is 13.6. The summed E-state index contributed by atoms with van der Waals surface area (Å²) in [5, 5.41) is 39.2. The van der Waals surface area contributed by atoms with E-state index in [1.807, 2.05) is 60.7 Å². The molecular formula is C47H38B2O4. The molecule has 7 aromatic rings. The average molecular weight is 688 g/mol. The Morgan fingerprint density at radius 2 is 1.28 bits per heavy atom. The molecule has 0 saturated carbocycles. The van der Waals surface area contributed by atoms with Crippen molar-refractivity contribution in [2.45, 2.75) is 19.8 Å². The van der Waals surface area contributed by atoms with Crippen LogP contribution in [0.5, 0.6) is 17.2 Å². The number of phenolic OH excluding ortho intramolecular Hbond substituents is 3. The molecule has 256 valence electrons. The quantitative estimate of drug-likeness (QED) is 0.0888. The summed E-state index contributed by atoms with van der Waals surface area (Å²) < 4.78 is 6.54. The highest BCUT2D eigenvalue weighted by atomic mass is 16.3. The fourth-order valence-corrected chi connectivity index (χ4v) is 8.01. The number of aryl methyl sites for hydroxylation is 1. The van der Waals surface area contributed by atoms with Crippen molar-refractivity contribution in [2.24, 2.45) is 0 Å². The molecule has 0 fully saturated rings. The van der Waals surface area contributed by atoms with Crippen molar-refractivity contribution in [1.82, 2.24) is 0 Å². The number of rotatable bonds is 7. The Morgan fingerprint density at radius 1 is 0.679 bits per heavy atom. The summed E-state index contributed by atoms with van der Waals surface area (Å²) in [6.45, 7) is 10.8. The van der Waals surface area contributed by atoms with Crippen molar-refractivity contribution in [1.29, 1.82) is 0 Å². The summed E-state index contributed by atoms with van der Waals surface area (Å²) in [4.78, 5) is 0. The van der Waals surface area contributed by atoms with E-state index in [9.17, 15) is 15.3 Å². The molecule has 8 rings (SSSR count). The van der Waals surface area contributed by atoms with Crippen molar-refractivity contribution in [3.8, 4) is 50.6 Å². The lowest BCUT2D eigenvalue weighted by molar-refractivity contribution is 0.403. The maximum Gasteiger partial charge on any atom is 0.168 e. The first-order chi connectivity index (χ1) is 25.8.